The number of unbranched alkanes of at least 4 members (excludes halogenated alkanes) is 1. The molecule has 76 valence electrons. The van der Waals surface area contributed by atoms with E-state index >= 15 is 0 Å². The Hall–Kier alpha value is 0.750. The van der Waals surface area contributed by atoms with Crippen molar-refractivity contribution in [2.24, 2.45) is 5.73 Å². The van der Waals surface area contributed by atoms with Gasteiger partial charge >= 0.3 is 0 Å². The predicted octanol–water partition coefficient (Wildman–Crippen LogP) is -2.26. The van der Waals surface area contributed by atoms with Crippen molar-refractivity contribution in [3.05, 3.63) is 0 Å². The molecular weight excluding hydrogens is 236 g/mol. The van der Waals surface area contributed by atoms with Gasteiger partial charge in [-0.1, -0.05) is 0 Å². The van der Waals surface area contributed by atoms with Gasteiger partial charge in [-0.2, -0.15) is 12.6 Å². The van der Waals surface area contributed by atoms with Crippen molar-refractivity contribution in [3.8, 4) is 0 Å². The van der Waals surface area contributed by atoms with Gasteiger partial charge in [0.15, 0.2) is 0 Å². The summed E-state index contributed by atoms with van der Waals surface area (Å²) in [6.07, 6.45) is 2.38. The number of thiol groups is 1. The SMILES string of the molecule is C[N+](C)(CCS)CCCCN.[Br-]. The van der Waals surface area contributed by atoms with E-state index in [1.165, 1.54) is 13.0 Å². The van der Waals surface area contributed by atoms with Crippen LogP contribution in [0.2, 0.25) is 0 Å². The van der Waals surface area contributed by atoms with E-state index in [-0.39, 0.29) is 17.0 Å². The summed E-state index contributed by atoms with van der Waals surface area (Å²) in [6, 6.07) is 0. The van der Waals surface area contributed by atoms with Crippen LogP contribution < -0.4 is 22.7 Å². The Bertz CT molecular complexity index is 99.1. The summed E-state index contributed by atoms with van der Waals surface area (Å²) in [5.41, 5.74) is 5.41. The number of quaternary nitrogens is 1. The van der Waals surface area contributed by atoms with Crippen LogP contribution in [0.3, 0.4) is 0 Å². The molecule has 0 atom stereocenters. The van der Waals surface area contributed by atoms with Gasteiger partial charge < -0.3 is 27.2 Å². The summed E-state index contributed by atoms with van der Waals surface area (Å²) >= 11 is 4.22. The molecular formula is C8H21BrN2S. The molecule has 0 rings (SSSR count). The highest BCUT2D eigenvalue weighted by molar-refractivity contribution is 7.80. The lowest BCUT2D eigenvalue weighted by atomic mass is 10.3. The molecule has 2 N–H and O–H groups in total. The second-order valence-corrected chi connectivity index (χ2v) is 4.05. The molecule has 0 bridgehead atoms. The first-order valence-corrected chi connectivity index (χ1v) is 4.88. The fourth-order valence-electron chi connectivity index (χ4n) is 1.07. The lowest BCUT2D eigenvalue weighted by molar-refractivity contribution is -0.888. The first-order chi connectivity index (χ1) is 5.12. The smallest absolute Gasteiger partial charge is 0.0871 e. The Morgan fingerprint density at radius 1 is 1.17 bits per heavy atom. The van der Waals surface area contributed by atoms with Crippen LogP contribution >= 0.6 is 12.6 Å². The van der Waals surface area contributed by atoms with Crippen LogP contribution in [-0.4, -0.2) is 44.0 Å². The standard InChI is InChI=1S/C8H20N2S.BrH/c1-10(2,7-8-11)6-4-3-5-9;/h3-9H2,1-2H3;1H. The maximum absolute atomic E-state index is 5.41. The Morgan fingerprint density at radius 2 is 1.75 bits per heavy atom. The number of halogens is 1. The van der Waals surface area contributed by atoms with Crippen molar-refractivity contribution in [2.45, 2.75) is 12.8 Å². The third-order valence-corrected chi connectivity index (χ3v) is 2.12. The highest BCUT2D eigenvalue weighted by Crippen LogP contribution is 2.01. The maximum atomic E-state index is 5.41. The summed E-state index contributed by atoms with van der Waals surface area (Å²) in [5.74, 6) is 0.968. The molecule has 0 heterocycles. The molecule has 0 fully saturated rings. The molecule has 0 unspecified atom stereocenters. The Kier molecular flexibility index (Phi) is 10.6. The topological polar surface area (TPSA) is 26.0 Å². The lowest BCUT2D eigenvalue weighted by Crippen LogP contribution is -3.00. The number of hydrogen-bond acceptors (Lipinski definition) is 2. The minimum atomic E-state index is 0. The fourth-order valence-corrected chi connectivity index (χ4v) is 1.61. The second-order valence-electron chi connectivity index (χ2n) is 3.60. The van der Waals surface area contributed by atoms with Gasteiger partial charge in [-0.15, -0.1) is 0 Å². The summed E-state index contributed by atoms with van der Waals surface area (Å²) in [5, 5.41) is 0. The third-order valence-electron chi connectivity index (χ3n) is 1.92. The molecule has 0 aliphatic carbocycles. The first-order valence-electron chi connectivity index (χ1n) is 4.25. The van der Waals surface area contributed by atoms with E-state index in [0.717, 1.165) is 29.7 Å². The van der Waals surface area contributed by atoms with Gasteiger partial charge in [-0.25, -0.2) is 0 Å². The summed E-state index contributed by atoms with van der Waals surface area (Å²) in [7, 11) is 4.49. The van der Waals surface area contributed by atoms with Crippen LogP contribution in [0.1, 0.15) is 12.8 Å². The predicted molar refractivity (Wildman–Crippen MR) is 54.0 cm³/mol. The van der Waals surface area contributed by atoms with Crippen LogP contribution in [-0.2, 0) is 0 Å². The van der Waals surface area contributed by atoms with E-state index < -0.39 is 0 Å². The van der Waals surface area contributed by atoms with Crippen LogP contribution in [0.5, 0.6) is 0 Å². The second kappa shape index (κ2) is 8.35. The van der Waals surface area contributed by atoms with Gasteiger partial charge in [0.25, 0.3) is 0 Å². The first kappa shape index (κ1) is 15.2. The average molecular weight is 257 g/mol. The quantitative estimate of drug-likeness (QED) is 0.313. The Morgan fingerprint density at radius 3 is 2.17 bits per heavy atom. The molecule has 0 aromatic heterocycles. The van der Waals surface area contributed by atoms with Crippen molar-refractivity contribution in [1.82, 2.24) is 0 Å². The summed E-state index contributed by atoms with van der Waals surface area (Å²) < 4.78 is 1.07. The minimum absolute atomic E-state index is 0. The normalized spacial score (nSPS) is 11.0. The van der Waals surface area contributed by atoms with Crippen LogP contribution in [0.25, 0.3) is 0 Å². The molecule has 0 aromatic carbocycles. The van der Waals surface area contributed by atoms with E-state index in [0.29, 0.717) is 0 Å². The Balaban J connectivity index is 0. The molecule has 4 heteroatoms. The van der Waals surface area contributed by atoms with Crippen LogP contribution in [0, 0.1) is 0 Å². The van der Waals surface area contributed by atoms with Gasteiger partial charge in [0.1, 0.15) is 0 Å². The van der Waals surface area contributed by atoms with Crippen LogP contribution in [0.4, 0.5) is 0 Å². The van der Waals surface area contributed by atoms with Gasteiger partial charge in [0.2, 0.25) is 0 Å². The highest BCUT2D eigenvalue weighted by atomic mass is 79.9. The number of nitrogens with zero attached hydrogens (tertiary/aromatic N) is 1. The number of nitrogens with two attached hydrogens (primary N) is 1. The van der Waals surface area contributed by atoms with E-state index in [1.54, 1.807) is 0 Å². The largest absolute Gasteiger partial charge is 1.00 e. The maximum Gasteiger partial charge on any atom is 0.0871 e. The van der Waals surface area contributed by atoms with Gasteiger partial charge in [0.05, 0.1) is 27.2 Å². The molecule has 0 amide bonds. The molecule has 0 saturated carbocycles. The third kappa shape index (κ3) is 8.84. The van der Waals surface area contributed by atoms with E-state index in [4.69, 9.17) is 5.73 Å². The average Bonchev–Trinajstić information content (AvgIpc) is 1.87. The van der Waals surface area contributed by atoms with Gasteiger partial charge in [0, 0.05) is 5.75 Å². The van der Waals surface area contributed by atoms with Crippen molar-refractivity contribution < 1.29 is 21.5 Å². The van der Waals surface area contributed by atoms with Crippen LogP contribution in [0.15, 0.2) is 0 Å². The van der Waals surface area contributed by atoms with E-state index in [9.17, 15) is 0 Å². The molecule has 0 aliphatic rings. The highest BCUT2D eigenvalue weighted by Gasteiger charge is 2.11. The molecule has 2 nitrogen and oxygen atoms in total. The molecule has 0 aliphatic heterocycles. The molecule has 0 saturated heterocycles. The summed E-state index contributed by atoms with van der Waals surface area (Å²) in [4.78, 5) is 0. The lowest BCUT2D eigenvalue weighted by Gasteiger charge is -2.29. The molecule has 12 heavy (non-hydrogen) atoms. The zero-order valence-corrected chi connectivity index (χ0v) is 10.6. The summed E-state index contributed by atoms with van der Waals surface area (Å²) in [6.45, 7) is 3.19. The zero-order chi connectivity index (χ0) is 8.74. The van der Waals surface area contributed by atoms with Gasteiger partial charge in [-0.05, 0) is 19.4 Å². The van der Waals surface area contributed by atoms with Crippen molar-refractivity contribution in [2.75, 3.05) is 39.5 Å². The number of hydrogen-bond donors (Lipinski definition) is 2. The molecule has 0 spiro atoms. The molecule has 0 aromatic rings. The minimum Gasteiger partial charge on any atom is -1.00 e. The van der Waals surface area contributed by atoms with Gasteiger partial charge in [-0.3, -0.25) is 0 Å². The van der Waals surface area contributed by atoms with Crippen molar-refractivity contribution in [3.63, 3.8) is 0 Å². The van der Waals surface area contributed by atoms with E-state index in [2.05, 4.69) is 26.7 Å². The fraction of sp³-hybridized carbons (Fsp3) is 1.00. The number of rotatable bonds is 6. The molecule has 0 radical (unpaired) electrons. The monoisotopic (exact) mass is 256 g/mol. The van der Waals surface area contributed by atoms with Crippen molar-refractivity contribution >= 4 is 12.6 Å². The van der Waals surface area contributed by atoms with E-state index in [1.807, 2.05) is 0 Å². The Labute approximate surface area is 92.3 Å². The zero-order valence-electron chi connectivity index (χ0n) is 8.09. The van der Waals surface area contributed by atoms with Crippen molar-refractivity contribution in [1.29, 1.82) is 0 Å².